The van der Waals surface area contributed by atoms with E-state index in [1.807, 2.05) is 12.1 Å². The summed E-state index contributed by atoms with van der Waals surface area (Å²) >= 11 is 0. The van der Waals surface area contributed by atoms with Crippen molar-refractivity contribution in [2.45, 2.75) is 19.0 Å². The van der Waals surface area contributed by atoms with Crippen molar-refractivity contribution in [1.82, 2.24) is 10.6 Å². The van der Waals surface area contributed by atoms with Gasteiger partial charge in [0.25, 0.3) is 0 Å². The monoisotopic (exact) mass is 190 g/mol. The molecule has 1 atom stereocenters. The van der Waals surface area contributed by atoms with Gasteiger partial charge in [0.1, 0.15) is 0 Å². The van der Waals surface area contributed by atoms with Crippen molar-refractivity contribution in [2.75, 3.05) is 7.05 Å². The molecule has 1 aromatic rings. The third-order valence-electron chi connectivity index (χ3n) is 2.64. The smallest absolute Gasteiger partial charge is 0.237 e. The van der Waals surface area contributed by atoms with Crippen LogP contribution in [0.25, 0.3) is 0 Å². The number of likely N-dealkylation sites (N-methyl/N-ethyl adjacent to an activating group) is 1. The fourth-order valence-electron chi connectivity index (χ4n) is 1.81. The van der Waals surface area contributed by atoms with Crippen LogP contribution in [0.1, 0.15) is 11.1 Å². The van der Waals surface area contributed by atoms with E-state index in [1.165, 1.54) is 11.1 Å². The van der Waals surface area contributed by atoms with E-state index in [9.17, 15) is 4.79 Å². The van der Waals surface area contributed by atoms with Gasteiger partial charge >= 0.3 is 0 Å². The minimum Gasteiger partial charge on any atom is -0.358 e. The summed E-state index contributed by atoms with van der Waals surface area (Å²) in [5, 5.41) is 5.88. The van der Waals surface area contributed by atoms with Crippen molar-refractivity contribution in [3.8, 4) is 0 Å². The minimum absolute atomic E-state index is 0.0690. The lowest BCUT2D eigenvalue weighted by Gasteiger charge is -2.24. The van der Waals surface area contributed by atoms with E-state index < -0.39 is 0 Å². The predicted molar refractivity (Wildman–Crippen MR) is 54.8 cm³/mol. The van der Waals surface area contributed by atoms with Crippen LogP contribution < -0.4 is 10.6 Å². The van der Waals surface area contributed by atoms with Crippen molar-refractivity contribution in [1.29, 1.82) is 0 Å². The summed E-state index contributed by atoms with van der Waals surface area (Å²) in [4.78, 5) is 11.4. The SMILES string of the molecule is CNC(=O)[C@H]1Cc2ccccc2CN1. The van der Waals surface area contributed by atoms with Gasteiger partial charge in [0, 0.05) is 13.6 Å². The molecular weight excluding hydrogens is 176 g/mol. The lowest BCUT2D eigenvalue weighted by atomic mass is 9.95. The van der Waals surface area contributed by atoms with E-state index in [0.717, 1.165) is 13.0 Å². The van der Waals surface area contributed by atoms with Gasteiger partial charge in [-0.05, 0) is 17.5 Å². The zero-order chi connectivity index (χ0) is 9.97. The summed E-state index contributed by atoms with van der Waals surface area (Å²) < 4.78 is 0. The second-order valence-corrected chi connectivity index (χ2v) is 3.52. The number of rotatable bonds is 1. The van der Waals surface area contributed by atoms with Crippen LogP contribution >= 0.6 is 0 Å². The molecule has 2 N–H and O–H groups in total. The maximum Gasteiger partial charge on any atom is 0.237 e. The summed E-state index contributed by atoms with van der Waals surface area (Å²) in [6, 6.07) is 8.16. The molecule has 74 valence electrons. The number of hydrogen-bond acceptors (Lipinski definition) is 2. The number of amides is 1. The Morgan fingerprint density at radius 1 is 1.43 bits per heavy atom. The first-order chi connectivity index (χ1) is 6.81. The second-order valence-electron chi connectivity index (χ2n) is 3.52. The highest BCUT2D eigenvalue weighted by Gasteiger charge is 2.22. The Morgan fingerprint density at radius 2 is 2.14 bits per heavy atom. The van der Waals surface area contributed by atoms with E-state index in [1.54, 1.807) is 7.05 Å². The molecule has 1 heterocycles. The van der Waals surface area contributed by atoms with Crippen LogP contribution in [-0.2, 0) is 17.8 Å². The van der Waals surface area contributed by atoms with Crippen molar-refractivity contribution in [2.24, 2.45) is 0 Å². The summed E-state index contributed by atoms with van der Waals surface area (Å²) in [5.41, 5.74) is 2.58. The number of fused-ring (bicyclic) bond motifs is 1. The largest absolute Gasteiger partial charge is 0.358 e. The first kappa shape index (κ1) is 9.21. The van der Waals surface area contributed by atoms with E-state index in [2.05, 4.69) is 22.8 Å². The van der Waals surface area contributed by atoms with Crippen molar-refractivity contribution < 1.29 is 4.79 Å². The molecule has 1 aromatic carbocycles. The first-order valence-corrected chi connectivity index (χ1v) is 4.83. The summed E-state index contributed by atoms with van der Waals surface area (Å²) in [6.45, 7) is 0.786. The first-order valence-electron chi connectivity index (χ1n) is 4.83. The van der Waals surface area contributed by atoms with E-state index in [0.29, 0.717) is 0 Å². The molecule has 0 saturated carbocycles. The molecule has 3 heteroatoms. The molecule has 3 nitrogen and oxygen atoms in total. The quantitative estimate of drug-likeness (QED) is 0.675. The molecule has 0 saturated heterocycles. The summed E-state index contributed by atoms with van der Waals surface area (Å²) in [5.74, 6) is 0.0690. The van der Waals surface area contributed by atoms with Crippen LogP contribution in [0, 0.1) is 0 Å². The Hall–Kier alpha value is -1.35. The second kappa shape index (κ2) is 3.80. The normalized spacial score (nSPS) is 19.9. The molecule has 2 rings (SSSR count). The number of carbonyl (C=O) groups excluding carboxylic acids is 1. The maximum absolute atomic E-state index is 11.4. The Kier molecular flexibility index (Phi) is 2.50. The Morgan fingerprint density at radius 3 is 2.86 bits per heavy atom. The topological polar surface area (TPSA) is 41.1 Å². The molecule has 14 heavy (non-hydrogen) atoms. The highest BCUT2D eigenvalue weighted by molar-refractivity contribution is 5.82. The van der Waals surface area contributed by atoms with Gasteiger partial charge in [-0.1, -0.05) is 24.3 Å². The van der Waals surface area contributed by atoms with Crippen LogP contribution in [0.4, 0.5) is 0 Å². The fourth-order valence-corrected chi connectivity index (χ4v) is 1.81. The molecule has 1 amide bonds. The van der Waals surface area contributed by atoms with Crippen molar-refractivity contribution in [3.63, 3.8) is 0 Å². The van der Waals surface area contributed by atoms with Gasteiger partial charge in [0.2, 0.25) is 5.91 Å². The standard InChI is InChI=1S/C11H14N2O/c1-12-11(14)10-6-8-4-2-3-5-9(8)7-13-10/h2-5,10,13H,6-7H2,1H3,(H,12,14)/t10-/m1/s1. The van der Waals surface area contributed by atoms with Crippen LogP contribution in [-0.4, -0.2) is 19.0 Å². The number of benzene rings is 1. The third-order valence-corrected chi connectivity index (χ3v) is 2.64. The molecule has 0 bridgehead atoms. The Labute approximate surface area is 83.5 Å². The highest BCUT2D eigenvalue weighted by Crippen LogP contribution is 2.15. The third kappa shape index (κ3) is 1.63. The average molecular weight is 190 g/mol. The Balaban J connectivity index is 2.17. The van der Waals surface area contributed by atoms with Gasteiger partial charge in [-0.3, -0.25) is 4.79 Å². The molecular formula is C11H14N2O. The lowest BCUT2D eigenvalue weighted by Crippen LogP contribution is -2.46. The fraction of sp³-hybridized carbons (Fsp3) is 0.364. The molecule has 0 aliphatic carbocycles. The van der Waals surface area contributed by atoms with Crippen LogP contribution in [0.2, 0.25) is 0 Å². The molecule has 0 radical (unpaired) electrons. The number of nitrogens with one attached hydrogen (secondary N) is 2. The molecule has 0 fully saturated rings. The van der Waals surface area contributed by atoms with Crippen LogP contribution in [0.5, 0.6) is 0 Å². The zero-order valence-corrected chi connectivity index (χ0v) is 8.21. The molecule has 0 unspecified atom stereocenters. The van der Waals surface area contributed by atoms with Gasteiger partial charge in [-0.25, -0.2) is 0 Å². The average Bonchev–Trinajstić information content (AvgIpc) is 2.27. The predicted octanol–water partition coefficient (Wildman–Crippen LogP) is 0.447. The van der Waals surface area contributed by atoms with Gasteiger partial charge in [-0.2, -0.15) is 0 Å². The summed E-state index contributed by atoms with van der Waals surface area (Å²) in [6.07, 6.45) is 0.788. The molecule has 0 aromatic heterocycles. The van der Waals surface area contributed by atoms with E-state index >= 15 is 0 Å². The van der Waals surface area contributed by atoms with Crippen molar-refractivity contribution >= 4 is 5.91 Å². The van der Waals surface area contributed by atoms with Gasteiger partial charge < -0.3 is 10.6 Å². The lowest BCUT2D eigenvalue weighted by molar-refractivity contribution is -0.122. The molecule has 1 aliphatic rings. The number of hydrogen-bond donors (Lipinski definition) is 2. The molecule has 0 spiro atoms. The van der Waals surface area contributed by atoms with Gasteiger partial charge in [-0.15, -0.1) is 0 Å². The highest BCUT2D eigenvalue weighted by atomic mass is 16.2. The summed E-state index contributed by atoms with van der Waals surface area (Å²) in [7, 11) is 1.67. The van der Waals surface area contributed by atoms with E-state index in [-0.39, 0.29) is 11.9 Å². The van der Waals surface area contributed by atoms with E-state index in [4.69, 9.17) is 0 Å². The zero-order valence-electron chi connectivity index (χ0n) is 8.21. The van der Waals surface area contributed by atoms with Crippen LogP contribution in [0.3, 0.4) is 0 Å². The minimum atomic E-state index is -0.0742. The van der Waals surface area contributed by atoms with Gasteiger partial charge in [0.15, 0.2) is 0 Å². The maximum atomic E-state index is 11.4. The van der Waals surface area contributed by atoms with Gasteiger partial charge in [0.05, 0.1) is 6.04 Å². The molecule has 1 aliphatic heterocycles. The van der Waals surface area contributed by atoms with Crippen molar-refractivity contribution in [3.05, 3.63) is 35.4 Å². The number of carbonyl (C=O) groups is 1. The Bertz CT molecular complexity index is 349. The van der Waals surface area contributed by atoms with Crippen LogP contribution in [0.15, 0.2) is 24.3 Å².